The maximum atomic E-state index is 9.45. The van der Waals surface area contributed by atoms with Crippen LogP contribution in [0.5, 0.6) is 11.5 Å². The molecule has 0 aliphatic heterocycles. The van der Waals surface area contributed by atoms with Crippen LogP contribution in [0.3, 0.4) is 0 Å². The first-order valence-electron chi connectivity index (χ1n) is 6.08. The minimum Gasteiger partial charge on any atom is -0.494 e. The van der Waals surface area contributed by atoms with Gasteiger partial charge in [-0.1, -0.05) is 0 Å². The fourth-order valence-corrected chi connectivity index (χ4v) is 1.58. The molecule has 1 atom stereocenters. The molecular formula is C13H20ClNO3. The van der Waals surface area contributed by atoms with Crippen LogP contribution < -0.4 is 14.8 Å². The molecule has 0 bridgehead atoms. The van der Waals surface area contributed by atoms with Crippen molar-refractivity contribution in [1.29, 1.82) is 0 Å². The fraction of sp³-hybridized carbons (Fsp3) is 0.538. The molecule has 1 rings (SSSR count). The van der Waals surface area contributed by atoms with Gasteiger partial charge in [-0.05, 0) is 26.0 Å². The van der Waals surface area contributed by atoms with Crippen LogP contribution in [0, 0.1) is 0 Å². The molecule has 0 spiro atoms. The average molecular weight is 274 g/mol. The van der Waals surface area contributed by atoms with Gasteiger partial charge in [0.25, 0.3) is 0 Å². The number of aliphatic hydroxyl groups is 1. The zero-order chi connectivity index (χ0) is 13.4. The minimum absolute atomic E-state index is 0.197. The summed E-state index contributed by atoms with van der Waals surface area (Å²) in [6.07, 6.45) is -0.586. The molecule has 0 saturated carbocycles. The summed E-state index contributed by atoms with van der Waals surface area (Å²) in [5.41, 5.74) is 0.798. The predicted octanol–water partition coefficient (Wildman–Crippen LogP) is 2.50. The third kappa shape index (κ3) is 4.63. The first kappa shape index (κ1) is 14.9. The molecule has 0 saturated heterocycles. The van der Waals surface area contributed by atoms with Gasteiger partial charge in [-0.25, -0.2) is 0 Å². The normalized spacial score (nSPS) is 12.0. The summed E-state index contributed by atoms with van der Waals surface area (Å²) >= 11 is 5.55. The van der Waals surface area contributed by atoms with E-state index in [1.165, 1.54) is 0 Å². The van der Waals surface area contributed by atoms with Crippen molar-refractivity contribution in [3.63, 3.8) is 0 Å². The van der Waals surface area contributed by atoms with Gasteiger partial charge in [0.2, 0.25) is 0 Å². The first-order chi connectivity index (χ1) is 8.71. The van der Waals surface area contributed by atoms with Crippen molar-refractivity contribution in [2.75, 3.05) is 31.0 Å². The lowest BCUT2D eigenvalue weighted by Crippen LogP contribution is -2.21. The lowest BCUT2D eigenvalue weighted by Gasteiger charge is -2.15. The fourth-order valence-electron chi connectivity index (χ4n) is 1.47. The average Bonchev–Trinajstić information content (AvgIpc) is 2.39. The summed E-state index contributed by atoms with van der Waals surface area (Å²) in [6.45, 7) is 5.42. The van der Waals surface area contributed by atoms with Gasteiger partial charge in [-0.3, -0.25) is 0 Å². The van der Waals surface area contributed by atoms with Crippen molar-refractivity contribution in [2.24, 2.45) is 0 Å². The second-order valence-corrected chi connectivity index (χ2v) is 4.02. The number of rotatable bonds is 8. The van der Waals surface area contributed by atoms with Gasteiger partial charge in [-0.2, -0.15) is 0 Å². The molecule has 2 N–H and O–H groups in total. The highest BCUT2D eigenvalue weighted by molar-refractivity contribution is 6.18. The van der Waals surface area contributed by atoms with Crippen LogP contribution in [0.15, 0.2) is 18.2 Å². The first-order valence-corrected chi connectivity index (χ1v) is 6.62. The molecule has 0 radical (unpaired) electrons. The highest BCUT2D eigenvalue weighted by Crippen LogP contribution is 2.29. The van der Waals surface area contributed by atoms with E-state index >= 15 is 0 Å². The second kappa shape index (κ2) is 8.06. The standard InChI is InChI=1S/C13H20ClNO3/c1-3-17-11-5-6-13(18-4-2)12(7-11)15-9-10(16)8-14/h5-7,10,15-16H,3-4,8-9H2,1-2H3. The van der Waals surface area contributed by atoms with E-state index in [-0.39, 0.29) is 5.88 Å². The molecule has 18 heavy (non-hydrogen) atoms. The minimum atomic E-state index is -0.586. The number of benzene rings is 1. The maximum absolute atomic E-state index is 9.45. The number of alkyl halides is 1. The van der Waals surface area contributed by atoms with Crippen LogP contribution in [0.1, 0.15) is 13.8 Å². The smallest absolute Gasteiger partial charge is 0.142 e. The summed E-state index contributed by atoms with van der Waals surface area (Å²) in [5.74, 6) is 1.70. The summed E-state index contributed by atoms with van der Waals surface area (Å²) in [4.78, 5) is 0. The topological polar surface area (TPSA) is 50.7 Å². The SMILES string of the molecule is CCOc1ccc(OCC)c(NCC(O)CCl)c1. The maximum Gasteiger partial charge on any atom is 0.142 e. The Morgan fingerprint density at radius 3 is 2.61 bits per heavy atom. The van der Waals surface area contributed by atoms with Gasteiger partial charge < -0.3 is 19.9 Å². The predicted molar refractivity (Wildman–Crippen MR) is 74.0 cm³/mol. The Balaban J connectivity index is 2.78. The van der Waals surface area contributed by atoms with Crippen LogP contribution in [0.4, 0.5) is 5.69 Å². The van der Waals surface area contributed by atoms with E-state index in [1.54, 1.807) is 0 Å². The third-order valence-electron chi connectivity index (χ3n) is 2.27. The highest BCUT2D eigenvalue weighted by atomic mass is 35.5. The Labute approximate surface area is 113 Å². The Kier molecular flexibility index (Phi) is 6.68. The van der Waals surface area contributed by atoms with E-state index in [4.69, 9.17) is 21.1 Å². The largest absolute Gasteiger partial charge is 0.494 e. The summed E-state index contributed by atoms with van der Waals surface area (Å²) in [7, 11) is 0. The second-order valence-electron chi connectivity index (χ2n) is 3.71. The Morgan fingerprint density at radius 1 is 1.28 bits per heavy atom. The highest BCUT2D eigenvalue weighted by Gasteiger charge is 2.08. The molecule has 0 fully saturated rings. The molecular weight excluding hydrogens is 254 g/mol. The molecule has 4 nitrogen and oxygen atoms in total. The van der Waals surface area contributed by atoms with E-state index in [0.29, 0.717) is 19.8 Å². The molecule has 0 amide bonds. The molecule has 1 aromatic rings. The van der Waals surface area contributed by atoms with Gasteiger partial charge in [0.15, 0.2) is 0 Å². The number of nitrogens with one attached hydrogen (secondary N) is 1. The molecule has 102 valence electrons. The quantitative estimate of drug-likeness (QED) is 0.715. The Hall–Kier alpha value is -1.13. The number of aliphatic hydroxyl groups excluding tert-OH is 1. The third-order valence-corrected chi connectivity index (χ3v) is 2.62. The zero-order valence-corrected chi connectivity index (χ0v) is 11.5. The number of anilines is 1. The van der Waals surface area contributed by atoms with Gasteiger partial charge >= 0.3 is 0 Å². The zero-order valence-electron chi connectivity index (χ0n) is 10.8. The Bertz CT molecular complexity index is 360. The van der Waals surface area contributed by atoms with Crippen molar-refractivity contribution in [3.05, 3.63) is 18.2 Å². The summed E-state index contributed by atoms with van der Waals surface area (Å²) in [6, 6.07) is 5.57. The van der Waals surface area contributed by atoms with Crippen molar-refractivity contribution >= 4 is 17.3 Å². The lowest BCUT2D eigenvalue weighted by atomic mass is 10.2. The van der Waals surface area contributed by atoms with Crippen LogP contribution in [0.2, 0.25) is 0 Å². The van der Waals surface area contributed by atoms with E-state index in [1.807, 2.05) is 32.0 Å². The van der Waals surface area contributed by atoms with Crippen molar-refractivity contribution in [3.8, 4) is 11.5 Å². The van der Waals surface area contributed by atoms with Gasteiger partial charge in [0, 0.05) is 12.6 Å². The number of hydrogen-bond acceptors (Lipinski definition) is 4. The van der Waals surface area contributed by atoms with E-state index in [9.17, 15) is 5.11 Å². The Morgan fingerprint density at radius 2 is 2.00 bits per heavy atom. The van der Waals surface area contributed by atoms with Gasteiger partial charge in [0.05, 0.1) is 30.9 Å². The summed E-state index contributed by atoms with van der Waals surface area (Å²) in [5, 5.41) is 12.6. The van der Waals surface area contributed by atoms with Crippen molar-refractivity contribution < 1.29 is 14.6 Å². The van der Waals surface area contributed by atoms with Crippen molar-refractivity contribution in [2.45, 2.75) is 20.0 Å². The van der Waals surface area contributed by atoms with E-state index in [2.05, 4.69) is 5.32 Å². The summed E-state index contributed by atoms with van der Waals surface area (Å²) < 4.78 is 10.9. The molecule has 0 aliphatic rings. The van der Waals surface area contributed by atoms with Gasteiger partial charge in [-0.15, -0.1) is 11.6 Å². The molecule has 1 aromatic carbocycles. The molecule has 0 heterocycles. The number of halogens is 1. The lowest BCUT2D eigenvalue weighted by molar-refractivity contribution is 0.211. The van der Waals surface area contributed by atoms with Gasteiger partial charge in [0.1, 0.15) is 11.5 Å². The molecule has 1 unspecified atom stereocenters. The van der Waals surface area contributed by atoms with E-state index < -0.39 is 6.10 Å². The van der Waals surface area contributed by atoms with Crippen LogP contribution in [-0.4, -0.2) is 36.8 Å². The van der Waals surface area contributed by atoms with Crippen LogP contribution in [0.25, 0.3) is 0 Å². The van der Waals surface area contributed by atoms with Crippen LogP contribution >= 0.6 is 11.6 Å². The number of ether oxygens (including phenoxy) is 2. The molecule has 0 aliphatic carbocycles. The monoisotopic (exact) mass is 273 g/mol. The molecule has 5 heteroatoms. The number of hydrogen-bond donors (Lipinski definition) is 2. The van der Waals surface area contributed by atoms with E-state index in [0.717, 1.165) is 17.2 Å². The van der Waals surface area contributed by atoms with Crippen LogP contribution in [-0.2, 0) is 0 Å². The van der Waals surface area contributed by atoms with Crippen molar-refractivity contribution in [1.82, 2.24) is 0 Å². The molecule has 0 aromatic heterocycles.